The van der Waals surface area contributed by atoms with Gasteiger partial charge in [0.05, 0.1) is 4.92 Å². The van der Waals surface area contributed by atoms with E-state index in [1.54, 1.807) is 60.5 Å². The second kappa shape index (κ2) is 21.3. The first-order chi connectivity index (χ1) is 24.5. The van der Waals surface area contributed by atoms with Crippen LogP contribution in [0.25, 0.3) is 0 Å². The Hall–Kier alpha value is -4.96. The molecule has 0 saturated carbocycles. The predicted octanol–water partition coefficient (Wildman–Crippen LogP) is 4.66. The largest absolute Gasteiger partial charge is 0.370 e. The van der Waals surface area contributed by atoms with Crippen molar-refractivity contribution < 1.29 is 9.96 Å². The summed E-state index contributed by atoms with van der Waals surface area (Å²) >= 11 is 18.7. The van der Waals surface area contributed by atoms with Crippen LogP contribution < -0.4 is 10.6 Å². The number of amidine groups is 1. The summed E-state index contributed by atoms with van der Waals surface area (Å²) in [5, 5.41) is 39.8. The summed E-state index contributed by atoms with van der Waals surface area (Å²) in [5.41, 5.74) is 2.93. The molecule has 0 radical (unpaired) electrons. The summed E-state index contributed by atoms with van der Waals surface area (Å²) < 4.78 is 0. The second-order valence-electron chi connectivity index (χ2n) is 10.3. The number of halogens is 3. The Balaban J connectivity index is 0.000000207. The van der Waals surface area contributed by atoms with Gasteiger partial charge in [-0.15, -0.1) is 4.99 Å². The van der Waals surface area contributed by atoms with Gasteiger partial charge in [0.15, 0.2) is 16.0 Å². The number of guanidine groups is 1. The summed E-state index contributed by atoms with van der Waals surface area (Å²) in [5.74, 6) is 1.71. The van der Waals surface area contributed by atoms with E-state index in [2.05, 4.69) is 40.6 Å². The van der Waals surface area contributed by atoms with E-state index in [-0.39, 0.29) is 5.96 Å². The molecular weight excluding hydrogens is 745 g/mol. The molecular formula is C30H34Cl3N13O4S. The molecule has 21 heteroatoms. The minimum atomic E-state index is -0.708. The smallest absolute Gasteiger partial charge is 0.274 e. The van der Waals surface area contributed by atoms with Crippen LogP contribution in [0.4, 0.5) is 0 Å². The van der Waals surface area contributed by atoms with Gasteiger partial charge in [-0.3, -0.25) is 10.1 Å². The number of pyridine rings is 3. The van der Waals surface area contributed by atoms with E-state index in [0.29, 0.717) is 54.0 Å². The zero-order chi connectivity index (χ0) is 37.2. The summed E-state index contributed by atoms with van der Waals surface area (Å²) in [6, 6.07) is 10.8. The molecule has 2 N–H and O–H groups in total. The number of nitriles is 1. The third-order valence-corrected chi connectivity index (χ3v) is 8.51. The van der Waals surface area contributed by atoms with Gasteiger partial charge in [0.25, 0.3) is 12.2 Å². The Bertz CT molecular complexity index is 1720. The van der Waals surface area contributed by atoms with E-state index in [1.165, 1.54) is 0 Å². The molecule has 2 fully saturated rings. The molecule has 3 aromatic rings. The van der Waals surface area contributed by atoms with Gasteiger partial charge in [-0.25, -0.2) is 25.1 Å². The highest BCUT2D eigenvalue weighted by Crippen LogP contribution is 2.20. The van der Waals surface area contributed by atoms with E-state index in [1.807, 2.05) is 36.2 Å². The number of nitrogens with one attached hydrogen (secondary N) is 2. The van der Waals surface area contributed by atoms with E-state index >= 15 is 0 Å². The zero-order valence-electron chi connectivity index (χ0n) is 27.5. The maximum absolute atomic E-state index is 10.5. The predicted molar refractivity (Wildman–Crippen MR) is 197 cm³/mol. The Kier molecular flexibility index (Phi) is 16.9. The first-order valence-corrected chi connectivity index (χ1v) is 17.3. The Morgan fingerprint density at radius 2 is 1.57 bits per heavy atom. The molecule has 5 rings (SSSR count). The van der Waals surface area contributed by atoms with Gasteiger partial charge in [-0.2, -0.15) is 5.26 Å². The van der Waals surface area contributed by atoms with Crippen molar-refractivity contribution in [3.63, 3.8) is 0 Å². The molecule has 3 aromatic heterocycles. The monoisotopic (exact) mass is 777 g/mol. The molecule has 2 aliphatic heterocycles. The molecule has 17 nitrogen and oxygen atoms in total. The molecule has 2 aliphatic rings. The minimum Gasteiger partial charge on any atom is -0.370 e. The number of nitro groups is 2. The number of hydrogen-bond acceptors (Lipinski definition) is 12. The fourth-order valence-electron chi connectivity index (χ4n) is 4.51. The third-order valence-electron chi connectivity index (χ3n) is 6.84. The minimum absolute atomic E-state index is 0.282. The van der Waals surface area contributed by atoms with Crippen molar-refractivity contribution in [2.75, 3.05) is 39.0 Å². The number of aliphatic imine (C=N–C) groups is 1. The normalized spacial score (nSPS) is 15.3. The Morgan fingerprint density at radius 3 is 2.04 bits per heavy atom. The molecule has 0 aliphatic carbocycles. The number of thioether (sulfide) groups is 1. The maximum atomic E-state index is 10.5. The topological polar surface area (TPSA) is 207 Å². The molecule has 0 bridgehead atoms. The van der Waals surface area contributed by atoms with E-state index in [4.69, 9.17) is 40.1 Å². The van der Waals surface area contributed by atoms with Crippen molar-refractivity contribution in [1.82, 2.24) is 40.3 Å². The van der Waals surface area contributed by atoms with Gasteiger partial charge in [0.1, 0.15) is 20.6 Å². The van der Waals surface area contributed by atoms with Gasteiger partial charge >= 0.3 is 0 Å². The molecule has 51 heavy (non-hydrogen) atoms. The van der Waals surface area contributed by atoms with Crippen molar-refractivity contribution in [1.29, 1.82) is 5.26 Å². The van der Waals surface area contributed by atoms with Crippen LogP contribution in [0.3, 0.4) is 0 Å². The van der Waals surface area contributed by atoms with Gasteiger partial charge in [0.2, 0.25) is 6.19 Å². The van der Waals surface area contributed by atoms with Crippen molar-refractivity contribution in [2.24, 2.45) is 10.1 Å². The van der Waals surface area contributed by atoms with Crippen LogP contribution in [-0.2, 0) is 19.6 Å². The average Bonchev–Trinajstić information content (AvgIpc) is 3.74. The highest BCUT2D eigenvalue weighted by atomic mass is 35.5. The molecule has 2 saturated heterocycles. The van der Waals surface area contributed by atoms with Crippen LogP contribution in [0.5, 0.6) is 0 Å². The van der Waals surface area contributed by atoms with Gasteiger partial charge in [0, 0.05) is 77.2 Å². The third kappa shape index (κ3) is 14.4. The number of rotatable bonds is 11. The second-order valence-corrected chi connectivity index (χ2v) is 12.5. The molecule has 0 aromatic carbocycles. The maximum Gasteiger partial charge on any atom is 0.274 e. The fourth-order valence-corrected chi connectivity index (χ4v) is 5.78. The van der Waals surface area contributed by atoms with Crippen molar-refractivity contribution in [3.05, 3.63) is 119 Å². The standard InChI is InChI=1S/C11H15ClN4O2.C10H9ClN4S.C9H10ClN5O2/c1-3-15(11(13-2)8-16(17)18)7-9-4-5-10(12)14-6-9;11-9-2-1-8(5-13-9)6-15-3-4-16-10(15)14-7-12;10-8-2-1-7(5-12-8)6-14-4-3-11-9(14)13-15(16)17/h4-6,8,13H,3,7H2,1-2H3;1-2,5H,3-4,6H2;1-2,5H,3-4,6H2,(H,11,13)/b11-8+;;. The van der Waals surface area contributed by atoms with Crippen LogP contribution in [0.2, 0.25) is 15.5 Å². The fraction of sp³-hybridized carbons (Fsp3) is 0.333. The summed E-state index contributed by atoms with van der Waals surface area (Å²) in [4.78, 5) is 41.8. The van der Waals surface area contributed by atoms with Crippen LogP contribution in [0.1, 0.15) is 23.6 Å². The molecule has 270 valence electrons. The van der Waals surface area contributed by atoms with Gasteiger partial charge in [-0.1, -0.05) is 64.8 Å². The summed E-state index contributed by atoms with van der Waals surface area (Å²) in [6.45, 7) is 6.57. The molecule has 0 amide bonds. The lowest BCUT2D eigenvalue weighted by molar-refractivity contribution is -0.485. The van der Waals surface area contributed by atoms with Crippen molar-refractivity contribution in [3.8, 4) is 6.19 Å². The SMILES string of the molecule is CCN(Cc1ccc(Cl)nc1)/C(=C/[N+](=O)[O-])NC.N#CN=C1SCCN1Cc1ccc(Cl)nc1.O=[N+]([O-])/N=C1\NCCN1Cc1ccc(Cl)nc1. The van der Waals surface area contributed by atoms with Crippen LogP contribution in [0, 0.1) is 31.7 Å². The number of aromatic nitrogens is 3. The van der Waals surface area contributed by atoms with Gasteiger partial charge in [-0.05, 0) is 41.8 Å². The summed E-state index contributed by atoms with van der Waals surface area (Å²) in [6.07, 6.45) is 7.82. The number of hydrogen-bond donors (Lipinski definition) is 2. The van der Waals surface area contributed by atoms with Crippen molar-refractivity contribution >= 4 is 57.7 Å². The van der Waals surface area contributed by atoms with Crippen molar-refractivity contribution in [2.45, 2.75) is 26.6 Å². The Labute approximate surface area is 313 Å². The average molecular weight is 779 g/mol. The zero-order valence-corrected chi connectivity index (χ0v) is 30.6. The van der Waals surface area contributed by atoms with Crippen LogP contribution >= 0.6 is 46.6 Å². The van der Waals surface area contributed by atoms with E-state index < -0.39 is 9.96 Å². The first kappa shape index (κ1) is 40.5. The first-order valence-electron chi connectivity index (χ1n) is 15.2. The van der Waals surface area contributed by atoms with Crippen LogP contribution in [0.15, 0.2) is 77.1 Å². The van der Waals surface area contributed by atoms with E-state index in [9.17, 15) is 20.2 Å². The van der Waals surface area contributed by atoms with E-state index in [0.717, 1.165) is 46.9 Å². The molecule has 5 heterocycles. The van der Waals surface area contributed by atoms with Crippen LogP contribution in [-0.4, -0.2) is 89.7 Å². The highest BCUT2D eigenvalue weighted by molar-refractivity contribution is 8.14. The number of nitrogens with zero attached hydrogens (tertiary/aromatic N) is 11. The lowest BCUT2D eigenvalue weighted by Gasteiger charge is -2.23. The number of hydrazone groups is 1. The highest BCUT2D eigenvalue weighted by Gasteiger charge is 2.22. The van der Waals surface area contributed by atoms with Gasteiger partial charge < -0.3 is 25.3 Å². The summed E-state index contributed by atoms with van der Waals surface area (Å²) in [7, 11) is 1.65. The Morgan fingerprint density at radius 1 is 1.00 bits per heavy atom. The lowest BCUT2D eigenvalue weighted by Crippen LogP contribution is -2.30. The lowest BCUT2D eigenvalue weighted by atomic mass is 10.2. The molecule has 0 unspecified atom stereocenters. The molecule has 0 spiro atoms. The quantitative estimate of drug-likeness (QED) is 0.118. The molecule has 0 atom stereocenters.